The Morgan fingerprint density at radius 2 is 1.90 bits per heavy atom. The third-order valence-corrected chi connectivity index (χ3v) is 2.80. The van der Waals surface area contributed by atoms with Crippen molar-refractivity contribution in [3.63, 3.8) is 0 Å². The van der Waals surface area contributed by atoms with Crippen molar-refractivity contribution in [3.05, 3.63) is 35.4 Å². The number of hydrogen-bond acceptors (Lipinski definition) is 2. The Morgan fingerprint density at radius 1 is 1.20 bits per heavy atom. The van der Waals surface area contributed by atoms with Gasteiger partial charge in [-0.1, -0.05) is 32.9 Å². The van der Waals surface area contributed by atoms with Crippen LogP contribution in [0.5, 0.6) is 0 Å². The molecule has 5 heteroatoms. The summed E-state index contributed by atoms with van der Waals surface area (Å²) in [5, 5.41) is 3.16. The molecule has 0 fully saturated rings. The van der Waals surface area contributed by atoms with Gasteiger partial charge in [0.2, 0.25) is 0 Å². The lowest BCUT2D eigenvalue weighted by Crippen LogP contribution is -2.26. The quantitative estimate of drug-likeness (QED) is 0.818. The van der Waals surface area contributed by atoms with Crippen LogP contribution >= 0.6 is 0 Å². The minimum atomic E-state index is -4.31. The number of rotatable bonds is 7. The van der Waals surface area contributed by atoms with Gasteiger partial charge in [-0.25, -0.2) is 0 Å². The molecule has 0 radical (unpaired) electrons. The summed E-state index contributed by atoms with van der Waals surface area (Å²) in [6, 6.07) is 5.18. The van der Waals surface area contributed by atoms with Gasteiger partial charge in [-0.3, -0.25) is 0 Å². The number of likely N-dealkylation sites (N-methyl/N-ethyl adjacent to an activating group) is 1. The van der Waals surface area contributed by atoms with Gasteiger partial charge in [0.1, 0.15) is 0 Å². The first-order chi connectivity index (χ1) is 9.34. The third-order valence-electron chi connectivity index (χ3n) is 2.80. The van der Waals surface area contributed by atoms with E-state index in [1.54, 1.807) is 6.07 Å². The van der Waals surface area contributed by atoms with Crippen LogP contribution < -0.4 is 5.32 Å². The summed E-state index contributed by atoms with van der Waals surface area (Å²) < 4.78 is 43.7. The van der Waals surface area contributed by atoms with Gasteiger partial charge < -0.3 is 10.1 Å². The summed E-state index contributed by atoms with van der Waals surface area (Å²) in [7, 11) is 0. The summed E-state index contributed by atoms with van der Waals surface area (Å²) in [5.74, 6) is 0.402. The molecule has 1 aromatic rings. The molecule has 20 heavy (non-hydrogen) atoms. The van der Waals surface area contributed by atoms with Gasteiger partial charge in [0.25, 0.3) is 0 Å². The fourth-order valence-corrected chi connectivity index (χ4v) is 1.87. The molecule has 2 nitrogen and oxygen atoms in total. The molecule has 1 N–H and O–H groups in total. The Hall–Kier alpha value is -1.07. The van der Waals surface area contributed by atoms with Gasteiger partial charge >= 0.3 is 6.18 Å². The monoisotopic (exact) mass is 289 g/mol. The van der Waals surface area contributed by atoms with Crippen LogP contribution in [0.25, 0.3) is 0 Å². The highest BCUT2D eigenvalue weighted by molar-refractivity contribution is 5.28. The predicted octanol–water partition coefficient (Wildman–Crippen LogP) is 4.03. The molecule has 0 aromatic heterocycles. The fourth-order valence-electron chi connectivity index (χ4n) is 1.87. The van der Waals surface area contributed by atoms with Crippen molar-refractivity contribution in [3.8, 4) is 0 Å². The minimum absolute atomic E-state index is 0.221. The van der Waals surface area contributed by atoms with E-state index in [1.165, 1.54) is 12.1 Å². The number of halogens is 3. The summed E-state index contributed by atoms with van der Waals surface area (Å²) in [4.78, 5) is 0. The number of benzene rings is 1. The molecular formula is C15H22F3NO. The zero-order chi connectivity index (χ0) is 15.2. The SMILES string of the molecule is CCNC(COCC(C)C)c1cccc(C(F)(F)F)c1. The third kappa shape index (κ3) is 5.51. The Morgan fingerprint density at radius 3 is 2.45 bits per heavy atom. The molecule has 0 heterocycles. The normalized spacial score (nSPS) is 13.8. The molecular weight excluding hydrogens is 267 g/mol. The Labute approximate surface area is 118 Å². The lowest BCUT2D eigenvalue weighted by atomic mass is 10.0. The zero-order valence-electron chi connectivity index (χ0n) is 12.1. The predicted molar refractivity (Wildman–Crippen MR) is 73.5 cm³/mol. The van der Waals surface area contributed by atoms with E-state index in [0.29, 0.717) is 31.2 Å². The molecule has 0 amide bonds. The lowest BCUT2D eigenvalue weighted by molar-refractivity contribution is -0.137. The highest BCUT2D eigenvalue weighted by Crippen LogP contribution is 2.30. The number of alkyl halides is 3. The molecule has 0 aliphatic rings. The van der Waals surface area contributed by atoms with Crippen molar-refractivity contribution in [2.45, 2.75) is 33.0 Å². The maximum absolute atomic E-state index is 12.7. The zero-order valence-corrected chi connectivity index (χ0v) is 12.1. The summed E-state index contributed by atoms with van der Waals surface area (Å²) in [6.07, 6.45) is -4.31. The first kappa shape index (κ1) is 17.0. The largest absolute Gasteiger partial charge is 0.416 e. The van der Waals surface area contributed by atoms with Crippen LogP contribution in [-0.2, 0) is 10.9 Å². The minimum Gasteiger partial charge on any atom is -0.379 e. The van der Waals surface area contributed by atoms with E-state index in [0.717, 1.165) is 6.07 Å². The van der Waals surface area contributed by atoms with E-state index in [4.69, 9.17) is 4.74 Å². The van der Waals surface area contributed by atoms with E-state index in [2.05, 4.69) is 5.32 Å². The topological polar surface area (TPSA) is 21.3 Å². The lowest BCUT2D eigenvalue weighted by Gasteiger charge is -2.20. The first-order valence-electron chi connectivity index (χ1n) is 6.82. The van der Waals surface area contributed by atoms with Gasteiger partial charge in [0.15, 0.2) is 0 Å². The number of ether oxygens (including phenoxy) is 1. The van der Waals surface area contributed by atoms with Crippen molar-refractivity contribution in [2.24, 2.45) is 5.92 Å². The molecule has 1 unspecified atom stereocenters. The van der Waals surface area contributed by atoms with Gasteiger partial charge in [-0.05, 0) is 30.2 Å². The molecule has 0 aliphatic heterocycles. The summed E-state index contributed by atoms with van der Waals surface area (Å²) in [5.41, 5.74) is -0.0211. The van der Waals surface area contributed by atoms with Crippen LogP contribution in [0.15, 0.2) is 24.3 Å². The number of nitrogens with one attached hydrogen (secondary N) is 1. The fraction of sp³-hybridized carbons (Fsp3) is 0.600. The molecule has 0 saturated heterocycles. The maximum atomic E-state index is 12.7. The molecule has 1 atom stereocenters. The average molecular weight is 289 g/mol. The van der Waals surface area contributed by atoms with Crippen LogP contribution in [0.4, 0.5) is 13.2 Å². The molecule has 0 bridgehead atoms. The van der Waals surface area contributed by atoms with Crippen molar-refractivity contribution in [2.75, 3.05) is 19.8 Å². The van der Waals surface area contributed by atoms with Crippen molar-refractivity contribution in [1.82, 2.24) is 5.32 Å². The second-order valence-corrected chi connectivity index (χ2v) is 5.16. The van der Waals surface area contributed by atoms with Crippen LogP contribution in [0, 0.1) is 5.92 Å². The van der Waals surface area contributed by atoms with E-state index in [1.807, 2.05) is 20.8 Å². The van der Waals surface area contributed by atoms with Gasteiger partial charge in [-0.2, -0.15) is 13.2 Å². The highest BCUT2D eigenvalue weighted by atomic mass is 19.4. The Balaban J connectivity index is 2.80. The Bertz CT molecular complexity index is 404. The van der Waals surface area contributed by atoms with E-state index in [9.17, 15) is 13.2 Å². The van der Waals surface area contributed by atoms with Crippen molar-refractivity contribution in [1.29, 1.82) is 0 Å². The highest BCUT2D eigenvalue weighted by Gasteiger charge is 2.30. The van der Waals surface area contributed by atoms with Gasteiger partial charge in [-0.15, -0.1) is 0 Å². The molecule has 114 valence electrons. The van der Waals surface area contributed by atoms with E-state index in [-0.39, 0.29) is 6.04 Å². The molecule has 1 rings (SSSR count). The first-order valence-corrected chi connectivity index (χ1v) is 6.82. The summed E-state index contributed by atoms with van der Waals surface area (Å²) in [6.45, 7) is 7.63. The van der Waals surface area contributed by atoms with E-state index >= 15 is 0 Å². The van der Waals surface area contributed by atoms with E-state index < -0.39 is 11.7 Å². The molecule has 0 aliphatic carbocycles. The molecule has 1 aromatic carbocycles. The molecule has 0 spiro atoms. The maximum Gasteiger partial charge on any atom is 0.416 e. The standard InChI is InChI=1S/C15H22F3NO/c1-4-19-14(10-20-9-11(2)3)12-6-5-7-13(8-12)15(16,17)18/h5-8,11,14,19H,4,9-10H2,1-3H3. The van der Waals surface area contributed by atoms with Crippen molar-refractivity contribution >= 4 is 0 Å². The Kier molecular flexibility index (Phi) is 6.49. The second kappa shape index (κ2) is 7.64. The second-order valence-electron chi connectivity index (χ2n) is 5.16. The van der Waals surface area contributed by atoms with Crippen LogP contribution in [0.2, 0.25) is 0 Å². The van der Waals surface area contributed by atoms with Crippen LogP contribution in [-0.4, -0.2) is 19.8 Å². The smallest absolute Gasteiger partial charge is 0.379 e. The molecule has 0 saturated carbocycles. The number of hydrogen-bond donors (Lipinski definition) is 1. The van der Waals surface area contributed by atoms with Gasteiger partial charge in [0, 0.05) is 6.61 Å². The van der Waals surface area contributed by atoms with Gasteiger partial charge in [0.05, 0.1) is 18.2 Å². The average Bonchev–Trinajstić information content (AvgIpc) is 2.36. The van der Waals surface area contributed by atoms with Crippen LogP contribution in [0.1, 0.15) is 37.9 Å². The summed E-state index contributed by atoms with van der Waals surface area (Å²) >= 11 is 0. The van der Waals surface area contributed by atoms with Crippen LogP contribution in [0.3, 0.4) is 0 Å². The van der Waals surface area contributed by atoms with Crippen molar-refractivity contribution < 1.29 is 17.9 Å².